The first-order valence-corrected chi connectivity index (χ1v) is 6.90. The van der Waals surface area contributed by atoms with Gasteiger partial charge in [0, 0.05) is 0 Å². The van der Waals surface area contributed by atoms with Gasteiger partial charge in [-0.15, -0.1) is 0 Å². The maximum atomic E-state index is 10.1. The summed E-state index contributed by atoms with van der Waals surface area (Å²) in [6, 6.07) is 0. The summed E-state index contributed by atoms with van der Waals surface area (Å²) in [5.41, 5.74) is 1.22. The molecular weight excluding hydrogens is 251 g/mol. The molecule has 0 aliphatic carbocycles. The molecule has 0 saturated carbocycles. The second-order valence-electron chi connectivity index (χ2n) is 4.36. The van der Waals surface area contributed by atoms with Crippen molar-refractivity contribution in [3.63, 3.8) is 0 Å². The summed E-state index contributed by atoms with van der Waals surface area (Å²) in [6.07, 6.45) is 5.74. The molecule has 0 fully saturated rings. The van der Waals surface area contributed by atoms with Gasteiger partial charge in [0.15, 0.2) is 0 Å². The Kier molecular flexibility index (Phi) is 12.3. The van der Waals surface area contributed by atoms with Crippen LogP contribution < -0.4 is 29.6 Å². The van der Waals surface area contributed by atoms with Gasteiger partial charge in [-0.2, -0.15) is 0 Å². The standard InChI is InChI=1S/C11H22O4S.Na/c1-10(2)6-4-7-11(3)8-5-9-15-16(12,13)14;/h8,10H,4-7,9H2,1-3H3,(H,12,13,14);/q;+1/p-1/b11-8-;. The molecule has 0 radical (unpaired) electrons. The predicted molar refractivity (Wildman–Crippen MR) is 62.7 cm³/mol. The molecule has 4 nitrogen and oxygen atoms in total. The minimum Gasteiger partial charge on any atom is -0.726 e. The van der Waals surface area contributed by atoms with Crippen molar-refractivity contribution in [1.82, 2.24) is 0 Å². The Hall–Kier alpha value is 0.610. The van der Waals surface area contributed by atoms with Crippen molar-refractivity contribution in [3.05, 3.63) is 11.6 Å². The summed E-state index contributed by atoms with van der Waals surface area (Å²) in [6.45, 7) is 6.32. The number of allylic oxidation sites excluding steroid dienone is 1. The van der Waals surface area contributed by atoms with Gasteiger partial charge in [-0.05, 0) is 32.1 Å². The summed E-state index contributed by atoms with van der Waals surface area (Å²) in [4.78, 5) is 0. The molecule has 0 bridgehead atoms. The van der Waals surface area contributed by atoms with Crippen LogP contribution in [-0.4, -0.2) is 19.6 Å². The minimum absolute atomic E-state index is 0. The fourth-order valence-corrected chi connectivity index (χ4v) is 1.65. The van der Waals surface area contributed by atoms with Gasteiger partial charge in [-0.25, -0.2) is 8.42 Å². The van der Waals surface area contributed by atoms with E-state index < -0.39 is 10.4 Å². The molecule has 0 aromatic heterocycles. The van der Waals surface area contributed by atoms with E-state index in [0.717, 1.165) is 12.8 Å². The Morgan fingerprint density at radius 1 is 1.41 bits per heavy atom. The molecule has 0 N–H and O–H groups in total. The van der Waals surface area contributed by atoms with E-state index in [-0.39, 0.29) is 36.2 Å². The van der Waals surface area contributed by atoms with Crippen LogP contribution >= 0.6 is 0 Å². The summed E-state index contributed by atoms with van der Waals surface area (Å²) < 4.78 is 34.5. The molecule has 0 aliphatic rings. The van der Waals surface area contributed by atoms with E-state index in [4.69, 9.17) is 0 Å². The first kappa shape index (κ1) is 19.9. The quantitative estimate of drug-likeness (QED) is 0.199. The van der Waals surface area contributed by atoms with E-state index in [9.17, 15) is 13.0 Å². The van der Waals surface area contributed by atoms with Crippen molar-refractivity contribution in [2.24, 2.45) is 5.92 Å². The zero-order chi connectivity index (χ0) is 12.6. The molecule has 0 spiro atoms. The van der Waals surface area contributed by atoms with Gasteiger partial charge in [0.2, 0.25) is 10.4 Å². The van der Waals surface area contributed by atoms with Crippen LogP contribution in [0.1, 0.15) is 46.5 Å². The van der Waals surface area contributed by atoms with Gasteiger partial charge in [-0.1, -0.05) is 31.9 Å². The third kappa shape index (κ3) is 16.6. The number of hydrogen-bond acceptors (Lipinski definition) is 4. The van der Waals surface area contributed by atoms with E-state index in [2.05, 4.69) is 18.0 Å². The first-order chi connectivity index (χ1) is 7.31. The third-order valence-electron chi connectivity index (χ3n) is 2.19. The van der Waals surface area contributed by atoms with Crippen LogP contribution in [0.15, 0.2) is 11.6 Å². The minimum atomic E-state index is -4.53. The van der Waals surface area contributed by atoms with Crippen LogP contribution in [0.5, 0.6) is 0 Å². The van der Waals surface area contributed by atoms with Crippen LogP contribution in [-0.2, 0) is 14.6 Å². The molecule has 0 atom stereocenters. The second-order valence-corrected chi connectivity index (χ2v) is 5.41. The predicted octanol–water partition coefficient (Wildman–Crippen LogP) is -0.370. The molecular formula is C11H21NaO4S. The fraction of sp³-hybridized carbons (Fsp3) is 0.818. The van der Waals surface area contributed by atoms with Crippen LogP contribution in [0.25, 0.3) is 0 Å². The van der Waals surface area contributed by atoms with Crippen LogP contribution in [0, 0.1) is 5.92 Å². The van der Waals surface area contributed by atoms with Crippen LogP contribution in [0.3, 0.4) is 0 Å². The monoisotopic (exact) mass is 272 g/mol. The average Bonchev–Trinajstić information content (AvgIpc) is 2.10. The van der Waals surface area contributed by atoms with Gasteiger partial charge in [0.1, 0.15) is 0 Å². The van der Waals surface area contributed by atoms with Crippen molar-refractivity contribution in [2.45, 2.75) is 46.5 Å². The zero-order valence-corrected chi connectivity index (χ0v) is 14.0. The molecule has 0 aromatic carbocycles. The SMILES string of the molecule is C/C(=C/CCOS(=O)(=O)[O-])CCCC(C)C.[Na+]. The molecule has 96 valence electrons. The Bertz CT molecular complexity index is 309. The summed E-state index contributed by atoms with van der Waals surface area (Å²) >= 11 is 0. The third-order valence-corrected chi connectivity index (χ3v) is 2.65. The molecule has 0 aliphatic heterocycles. The molecule has 0 saturated heterocycles. The summed E-state index contributed by atoms with van der Waals surface area (Å²) in [7, 11) is -4.53. The second kappa shape index (κ2) is 10.5. The largest absolute Gasteiger partial charge is 1.00 e. The Morgan fingerprint density at radius 2 is 2.00 bits per heavy atom. The van der Waals surface area contributed by atoms with E-state index >= 15 is 0 Å². The van der Waals surface area contributed by atoms with E-state index in [1.54, 1.807) is 0 Å². The van der Waals surface area contributed by atoms with E-state index in [0.29, 0.717) is 12.3 Å². The van der Waals surface area contributed by atoms with Gasteiger partial charge in [0.25, 0.3) is 0 Å². The summed E-state index contributed by atoms with van der Waals surface area (Å²) in [5, 5.41) is 0. The summed E-state index contributed by atoms with van der Waals surface area (Å²) in [5.74, 6) is 0.710. The van der Waals surface area contributed by atoms with Gasteiger partial charge in [-0.3, -0.25) is 4.18 Å². The van der Waals surface area contributed by atoms with Crippen molar-refractivity contribution in [1.29, 1.82) is 0 Å². The van der Waals surface area contributed by atoms with Crippen LogP contribution in [0.4, 0.5) is 0 Å². The van der Waals surface area contributed by atoms with Gasteiger partial charge < -0.3 is 4.55 Å². The molecule has 0 heterocycles. The molecule has 0 rings (SSSR count). The number of rotatable bonds is 8. The van der Waals surface area contributed by atoms with Crippen molar-refractivity contribution in [3.8, 4) is 0 Å². The Labute approximate surface area is 127 Å². The Balaban J connectivity index is 0. The first-order valence-electron chi connectivity index (χ1n) is 5.57. The Morgan fingerprint density at radius 3 is 2.47 bits per heavy atom. The number of hydrogen-bond donors (Lipinski definition) is 0. The van der Waals surface area contributed by atoms with Crippen LogP contribution in [0.2, 0.25) is 0 Å². The molecule has 17 heavy (non-hydrogen) atoms. The van der Waals surface area contributed by atoms with Crippen molar-refractivity contribution >= 4 is 10.4 Å². The van der Waals surface area contributed by atoms with Gasteiger partial charge in [0.05, 0.1) is 6.61 Å². The fourth-order valence-electron chi connectivity index (χ4n) is 1.35. The maximum absolute atomic E-state index is 10.1. The van der Waals surface area contributed by atoms with E-state index in [1.165, 1.54) is 12.0 Å². The van der Waals surface area contributed by atoms with Crippen molar-refractivity contribution < 1.29 is 46.7 Å². The molecule has 6 heteroatoms. The van der Waals surface area contributed by atoms with E-state index in [1.807, 2.05) is 13.0 Å². The molecule has 0 amide bonds. The maximum Gasteiger partial charge on any atom is 1.00 e. The molecule has 0 unspecified atom stereocenters. The smallest absolute Gasteiger partial charge is 0.726 e. The average molecular weight is 272 g/mol. The molecule has 0 aromatic rings. The topological polar surface area (TPSA) is 66.4 Å². The zero-order valence-electron chi connectivity index (χ0n) is 11.2. The van der Waals surface area contributed by atoms with Crippen molar-refractivity contribution in [2.75, 3.05) is 6.61 Å². The normalized spacial score (nSPS) is 12.6. The van der Waals surface area contributed by atoms with Gasteiger partial charge >= 0.3 is 29.6 Å².